The Labute approximate surface area is 133 Å². The number of carbonyl (C=O) groups is 2. The minimum absolute atomic E-state index is 0.0383. The van der Waals surface area contributed by atoms with Gasteiger partial charge >= 0.3 is 0 Å². The smallest absolute Gasteiger partial charge is 0.223 e. The normalized spacial score (nSPS) is 27.4. The van der Waals surface area contributed by atoms with Crippen molar-refractivity contribution in [3.05, 3.63) is 0 Å². The first kappa shape index (κ1) is 17.3. The first-order chi connectivity index (χ1) is 10.6. The average Bonchev–Trinajstić information content (AvgIpc) is 3.00. The van der Waals surface area contributed by atoms with E-state index in [1.807, 2.05) is 6.92 Å². The number of amides is 2. The van der Waals surface area contributed by atoms with Crippen molar-refractivity contribution < 1.29 is 9.59 Å². The van der Waals surface area contributed by atoms with Crippen LogP contribution < -0.4 is 16.4 Å². The van der Waals surface area contributed by atoms with Gasteiger partial charge in [-0.2, -0.15) is 0 Å². The summed E-state index contributed by atoms with van der Waals surface area (Å²) in [5.41, 5.74) is 5.53. The molecule has 0 radical (unpaired) electrons. The molecule has 5 heteroatoms. The Kier molecular flexibility index (Phi) is 6.68. The van der Waals surface area contributed by atoms with Gasteiger partial charge in [0.15, 0.2) is 0 Å². The highest BCUT2D eigenvalue weighted by molar-refractivity contribution is 5.79. The van der Waals surface area contributed by atoms with Crippen LogP contribution in [0.3, 0.4) is 0 Å². The third kappa shape index (κ3) is 5.27. The topological polar surface area (TPSA) is 84.2 Å². The zero-order valence-corrected chi connectivity index (χ0v) is 13.8. The summed E-state index contributed by atoms with van der Waals surface area (Å²) in [4.78, 5) is 24.1. The highest BCUT2D eigenvalue weighted by Crippen LogP contribution is 2.28. The third-order valence-electron chi connectivity index (χ3n) is 5.15. The van der Waals surface area contributed by atoms with Crippen molar-refractivity contribution in [3.63, 3.8) is 0 Å². The fourth-order valence-corrected chi connectivity index (χ4v) is 3.68. The van der Waals surface area contributed by atoms with Crippen molar-refractivity contribution in [2.75, 3.05) is 6.54 Å². The molecule has 0 aromatic carbocycles. The number of nitrogens with one attached hydrogen (secondary N) is 2. The minimum atomic E-state index is 0.0383. The van der Waals surface area contributed by atoms with Gasteiger partial charge in [0.05, 0.1) is 0 Å². The van der Waals surface area contributed by atoms with Crippen LogP contribution in [-0.2, 0) is 9.59 Å². The lowest BCUT2D eigenvalue weighted by atomic mass is 9.85. The van der Waals surface area contributed by atoms with Gasteiger partial charge in [-0.15, -0.1) is 0 Å². The summed E-state index contributed by atoms with van der Waals surface area (Å²) in [5.74, 6) is 1.00. The third-order valence-corrected chi connectivity index (χ3v) is 5.15. The highest BCUT2D eigenvalue weighted by Gasteiger charge is 2.28. The summed E-state index contributed by atoms with van der Waals surface area (Å²) in [6, 6.07) is 0.293. The van der Waals surface area contributed by atoms with Gasteiger partial charge in [0.25, 0.3) is 0 Å². The zero-order valence-electron chi connectivity index (χ0n) is 13.8. The van der Waals surface area contributed by atoms with Crippen LogP contribution in [-0.4, -0.2) is 30.4 Å². The lowest BCUT2D eigenvalue weighted by Gasteiger charge is -2.29. The second kappa shape index (κ2) is 8.51. The Bertz CT molecular complexity index is 372. The predicted molar refractivity (Wildman–Crippen MR) is 87.1 cm³/mol. The minimum Gasteiger partial charge on any atom is -0.353 e. The van der Waals surface area contributed by atoms with E-state index in [-0.39, 0.29) is 29.8 Å². The molecule has 0 bridgehead atoms. The molecule has 1 atom stereocenters. The fourth-order valence-electron chi connectivity index (χ4n) is 3.68. The highest BCUT2D eigenvalue weighted by atomic mass is 16.2. The molecule has 2 fully saturated rings. The van der Waals surface area contributed by atoms with Crippen LogP contribution in [0.15, 0.2) is 0 Å². The predicted octanol–water partition coefficient (Wildman–Crippen LogP) is 1.71. The summed E-state index contributed by atoms with van der Waals surface area (Å²) in [6.07, 6.45) is 9.19. The molecule has 126 valence electrons. The Morgan fingerprint density at radius 2 is 1.73 bits per heavy atom. The van der Waals surface area contributed by atoms with Crippen LogP contribution in [0.5, 0.6) is 0 Å². The van der Waals surface area contributed by atoms with Crippen LogP contribution in [0.25, 0.3) is 0 Å². The quantitative estimate of drug-likeness (QED) is 0.698. The van der Waals surface area contributed by atoms with Crippen molar-refractivity contribution >= 4 is 11.8 Å². The van der Waals surface area contributed by atoms with E-state index in [1.54, 1.807) is 0 Å². The molecule has 2 rings (SSSR count). The molecule has 0 unspecified atom stereocenters. The van der Waals surface area contributed by atoms with Crippen LogP contribution in [0.4, 0.5) is 0 Å². The molecular weight excluding hydrogens is 278 g/mol. The summed E-state index contributed by atoms with van der Waals surface area (Å²) in [5, 5.41) is 6.12. The maximum Gasteiger partial charge on any atom is 0.223 e. The van der Waals surface area contributed by atoms with Gasteiger partial charge in [-0.05, 0) is 51.4 Å². The first-order valence-corrected chi connectivity index (χ1v) is 8.88. The molecule has 0 aliphatic heterocycles. The maximum atomic E-state index is 12.1. The van der Waals surface area contributed by atoms with E-state index in [4.69, 9.17) is 5.73 Å². The number of hydrogen-bond donors (Lipinski definition) is 3. The fraction of sp³-hybridized carbons (Fsp3) is 0.882. The summed E-state index contributed by atoms with van der Waals surface area (Å²) in [7, 11) is 0. The van der Waals surface area contributed by atoms with Crippen molar-refractivity contribution in [1.29, 1.82) is 0 Å². The molecule has 2 aliphatic carbocycles. The number of rotatable bonds is 6. The van der Waals surface area contributed by atoms with Gasteiger partial charge in [0.2, 0.25) is 11.8 Å². The van der Waals surface area contributed by atoms with Gasteiger partial charge in [-0.1, -0.05) is 12.8 Å². The van der Waals surface area contributed by atoms with Gasteiger partial charge < -0.3 is 16.4 Å². The van der Waals surface area contributed by atoms with Crippen LogP contribution in [0, 0.1) is 11.8 Å². The van der Waals surface area contributed by atoms with E-state index in [0.717, 1.165) is 25.7 Å². The Morgan fingerprint density at radius 3 is 2.32 bits per heavy atom. The lowest BCUT2D eigenvalue weighted by molar-refractivity contribution is -0.126. The van der Waals surface area contributed by atoms with E-state index in [0.29, 0.717) is 18.9 Å². The van der Waals surface area contributed by atoms with Crippen molar-refractivity contribution in [3.8, 4) is 0 Å². The molecule has 22 heavy (non-hydrogen) atoms. The van der Waals surface area contributed by atoms with E-state index in [1.165, 1.54) is 25.7 Å². The largest absolute Gasteiger partial charge is 0.353 e. The molecule has 0 spiro atoms. The number of hydrogen-bond acceptors (Lipinski definition) is 3. The second-order valence-electron chi connectivity index (χ2n) is 7.12. The maximum absolute atomic E-state index is 12.1. The van der Waals surface area contributed by atoms with Gasteiger partial charge in [0, 0.05) is 31.0 Å². The molecule has 2 amide bonds. The van der Waals surface area contributed by atoms with E-state index in [9.17, 15) is 9.59 Å². The molecule has 0 aromatic heterocycles. The monoisotopic (exact) mass is 309 g/mol. The molecule has 5 nitrogen and oxygen atoms in total. The zero-order chi connectivity index (χ0) is 15.9. The van der Waals surface area contributed by atoms with Gasteiger partial charge in [-0.3, -0.25) is 9.59 Å². The Balaban J connectivity index is 1.66. The van der Waals surface area contributed by atoms with E-state index < -0.39 is 0 Å². The van der Waals surface area contributed by atoms with Gasteiger partial charge in [-0.25, -0.2) is 0 Å². The molecular formula is C17H31N3O2. The Morgan fingerprint density at radius 1 is 1.09 bits per heavy atom. The number of carbonyl (C=O) groups excluding carboxylic acids is 2. The average molecular weight is 309 g/mol. The molecule has 0 heterocycles. The molecule has 0 saturated heterocycles. The molecule has 0 aromatic rings. The van der Waals surface area contributed by atoms with Gasteiger partial charge in [0.1, 0.15) is 0 Å². The van der Waals surface area contributed by atoms with E-state index >= 15 is 0 Å². The van der Waals surface area contributed by atoms with E-state index in [2.05, 4.69) is 10.6 Å². The summed E-state index contributed by atoms with van der Waals surface area (Å²) in [6.45, 7) is 2.39. The van der Waals surface area contributed by atoms with Crippen LogP contribution >= 0.6 is 0 Å². The van der Waals surface area contributed by atoms with Crippen LogP contribution in [0.1, 0.15) is 64.7 Å². The molecule has 4 N–H and O–H groups in total. The summed E-state index contributed by atoms with van der Waals surface area (Å²) >= 11 is 0. The Hall–Kier alpha value is -1.10. The standard InChI is InChI=1S/C17H31N3O2/c1-12(11-18)19-17(22)14-6-8-15(9-7-14)20-16(21)10-13-4-2-3-5-13/h12-15H,2-11,18H2,1H3,(H,19,22)(H,20,21)/t12-,14?,15?/m0/s1. The first-order valence-electron chi connectivity index (χ1n) is 8.88. The van der Waals surface area contributed by atoms with Crippen molar-refractivity contribution in [2.24, 2.45) is 17.6 Å². The number of nitrogens with two attached hydrogens (primary N) is 1. The van der Waals surface area contributed by atoms with Crippen LogP contribution in [0.2, 0.25) is 0 Å². The van der Waals surface area contributed by atoms with Crippen molar-refractivity contribution in [2.45, 2.75) is 76.8 Å². The lowest BCUT2D eigenvalue weighted by Crippen LogP contribution is -2.44. The SMILES string of the molecule is C[C@@H](CN)NC(=O)C1CCC(NC(=O)CC2CCCC2)CC1. The van der Waals surface area contributed by atoms with Crippen molar-refractivity contribution in [1.82, 2.24) is 10.6 Å². The molecule has 2 saturated carbocycles. The molecule has 2 aliphatic rings. The summed E-state index contributed by atoms with van der Waals surface area (Å²) < 4.78 is 0. The second-order valence-corrected chi connectivity index (χ2v) is 7.12.